The first kappa shape index (κ1) is 10.5. The van der Waals surface area contributed by atoms with E-state index in [4.69, 9.17) is 4.74 Å². The van der Waals surface area contributed by atoms with Crippen molar-refractivity contribution >= 4 is 15.9 Å². The van der Waals surface area contributed by atoms with Crippen LogP contribution in [0.5, 0.6) is 0 Å². The Bertz CT molecular complexity index is 140. The van der Waals surface area contributed by atoms with Crippen LogP contribution in [-0.2, 0) is 4.74 Å². The Hall–Kier alpha value is 0.400. The maximum absolute atomic E-state index is 5.63. The molecule has 0 aromatic rings. The van der Waals surface area contributed by atoms with Crippen molar-refractivity contribution in [2.24, 2.45) is 0 Å². The molecule has 1 aliphatic heterocycles. The minimum Gasteiger partial charge on any atom is -0.374 e. The van der Waals surface area contributed by atoms with Crippen molar-refractivity contribution in [3.63, 3.8) is 0 Å². The highest BCUT2D eigenvalue weighted by molar-refractivity contribution is 9.09. The fourth-order valence-corrected chi connectivity index (χ4v) is 2.04. The maximum atomic E-state index is 5.63. The standard InChI is InChI=1S/C9H18BrNO/c1-7(2)11-5-9(4-10)12-6-8(11)3/h7-9H,4-6H2,1-3H3. The van der Waals surface area contributed by atoms with Gasteiger partial charge in [-0.1, -0.05) is 15.9 Å². The Morgan fingerprint density at radius 1 is 1.58 bits per heavy atom. The third kappa shape index (κ3) is 2.44. The van der Waals surface area contributed by atoms with Gasteiger partial charge < -0.3 is 4.74 Å². The predicted octanol–water partition coefficient (Wildman–Crippen LogP) is 1.88. The van der Waals surface area contributed by atoms with Crippen LogP contribution in [0.4, 0.5) is 0 Å². The summed E-state index contributed by atoms with van der Waals surface area (Å²) in [6, 6.07) is 1.20. The van der Waals surface area contributed by atoms with Crippen molar-refractivity contribution < 1.29 is 4.74 Å². The zero-order chi connectivity index (χ0) is 9.14. The average Bonchev–Trinajstić information content (AvgIpc) is 2.05. The summed E-state index contributed by atoms with van der Waals surface area (Å²) in [6.45, 7) is 8.64. The molecule has 0 radical (unpaired) electrons. The van der Waals surface area contributed by atoms with Gasteiger partial charge in [0, 0.05) is 24.0 Å². The van der Waals surface area contributed by atoms with Crippen molar-refractivity contribution in [2.45, 2.75) is 39.0 Å². The van der Waals surface area contributed by atoms with E-state index >= 15 is 0 Å². The minimum atomic E-state index is 0.378. The smallest absolute Gasteiger partial charge is 0.0799 e. The number of hydrogen-bond acceptors (Lipinski definition) is 2. The number of hydrogen-bond donors (Lipinski definition) is 0. The second-order valence-electron chi connectivity index (χ2n) is 3.75. The molecule has 0 N–H and O–H groups in total. The summed E-state index contributed by atoms with van der Waals surface area (Å²) < 4.78 is 5.63. The van der Waals surface area contributed by atoms with Crippen molar-refractivity contribution in [3.05, 3.63) is 0 Å². The van der Waals surface area contributed by atoms with E-state index in [1.165, 1.54) is 0 Å². The van der Waals surface area contributed by atoms with Crippen LogP contribution in [0, 0.1) is 0 Å². The quantitative estimate of drug-likeness (QED) is 0.679. The molecule has 0 saturated carbocycles. The first-order chi connectivity index (χ1) is 5.65. The number of ether oxygens (including phenoxy) is 1. The van der Waals surface area contributed by atoms with Gasteiger partial charge in [0.2, 0.25) is 0 Å². The summed E-state index contributed by atoms with van der Waals surface area (Å²) in [6.07, 6.45) is 0.378. The monoisotopic (exact) mass is 235 g/mol. The molecule has 1 saturated heterocycles. The second-order valence-corrected chi connectivity index (χ2v) is 4.40. The molecule has 3 heteroatoms. The van der Waals surface area contributed by atoms with E-state index < -0.39 is 0 Å². The number of nitrogens with zero attached hydrogens (tertiary/aromatic N) is 1. The van der Waals surface area contributed by atoms with E-state index in [1.807, 2.05) is 0 Å². The summed E-state index contributed by atoms with van der Waals surface area (Å²) in [4.78, 5) is 2.50. The van der Waals surface area contributed by atoms with E-state index in [1.54, 1.807) is 0 Å². The number of rotatable bonds is 2. The lowest BCUT2D eigenvalue weighted by Gasteiger charge is -2.40. The molecule has 0 aromatic heterocycles. The molecule has 0 bridgehead atoms. The van der Waals surface area contributed by atoms with Gasteiger partial charge in [-0.15, -0.1) is 0 Å². The SMILES string of the molecule is CC(C)N1CC(CBr)OCC1C. The lowest BCUT2D eigenvalue weighted by molar-refractivity contribution is -0.0581. The van der Waals surface area contributed by atoms with Gasteiger partial charge in [-0.2, -0.15) is 0 Å². The van der Waals surface area contributed by atoms with Crippen molar-refractivity contribution in [3.8, 4) is 0 Å². The van der Waals surface area contributed by atoms with E-state index in [-0.39, 0.29) is 0 Å². The van der Waals surface area contributed by atoms with Crippen molar-refractivity contribution in [2.75, 3.05) is 18.5 Å². The third-order valence-corrected chi connectivity index (χ3v) is 3.11. The Kier molecular flexibility index (Phi) is 4.00. The molecular weight excluding hydrogens is 218 g/mol. The van der Waals surface area contributed by atoms with E-state index in [2.05, 4.69) is 41.6 Å². The van der Waals surface area contributed by atoms with E-state index in [9.17, 15) is 0 Å². The highest BCUT2D eigenvalue weighted by atomic mass is 79.9. The van der Waals surface area contributed by atoms with Crippen LogP contribution >= 0.6 is 15.9 Å². The lowest BCUT2D eigenvalue weighted by Crippen LogP contribution is -2.51. The van der Waals surface area contributed by atoms with Crippen LogP contribution in [0.15, 0.2) is 0 Å². The topological polar surface area (TPSA) is 12.5 Å². The van der Waals surface area contributed by atoms with Crippen LogP contribution in [0.1, 0.15) is 20.8 Å². The Labute approximate surface area is 83.4 Å². The van der Waals surface area contributed by atoms with Gasteiger partial charge in [0.1, 0.15) is 0 Å². The van der Waals surface area contributed by atoms with Crippen LogP contribution in [0.2, 0.25) is 0 Å². The van der Waals surface area contributed by atoms with Gasteiger partial charge in [0.15, 0.2) is 0 Å². The summed E-state index contributed by atoms with van der Waals surface area (Å²) in [5.41, 5.74) is 0. The highest BCUT2D eigenvalue weighted by Gasteiger charge is 2.26. The average molecular weight is 236 g/mol. The maximum Gasteiger partial charge on any atom is 0.0799 e. The Morgan fingerprint density at radius 3 is 2.75 bits per heavy atom. The molecule has 2 unspecified atom stereocenters. The molecule has 1 fully saturated rings. The van der Waals surface area contributed by atoms with Gasteiger partial charge in [-0.3, -0.25) is 4.90 Å². The number of morpholine rings is 1. The molecule has 0 amide bonds. The van der Waals surface area contributed by atoms with Crippen molar-refractivity contribution in [1.29, 1.82) is 0 Å². The molecule has 0 aliphatic carbocycles. The summed E-state index contributed by atoms with van der Waals surface area (Å²) in [5.74, 6) is 0. The normalized spacial score (nSPS) is 32.8. The zero-order valence-corrected chi connectivity index (χ0v) is 9.67. The van der Waals surface area contributed by atoms with Gasteiger partial charge in [-0.25, -0.2) is 0 Å². The largest absolute Gasteiger partial charge is 0.374 e. The molecule has 1 heterocycles. The van der Waals surface area contributed by atoms with Gasteiger partial charge in [-0.05, 0) is 20.8 Å². The molecule has 1 aliphatic rings. The number of halogens is 1. The molecule has 0 aromatic carbocycles. The van der Waals surface area contributed by atoms with E-state index in [0.717, 1.165) is 18.5 Å². The van der Waals surface area contributed by atoms with E-state index in [0.29, 0.717) is 18.2 Å². The third-order valence-electron chi connectivity index (χ3n) is 2.39. The molecule has 2 atom stereocenters. The molecule has 0 spiro atoms. The first-order valence-corrected chi connectivity index (χ1v) is 5.70. The second kappa shape index (κ2) is 4.58. The molecule has 72 valence electrons. The van der Waals surface area contributed by atoms with Crippen LogP contribution in [0.25, 0.3) is 0 Å². The first-order valence-electron chi connectivity index (χ1n) is 4.58. The molecule has 1 rings (SSSR count). The van der Waals surface area contributed by atoms with Crippen molar-refractivity contribution in [1.82, 2.24) is 4.90 Å². The fourth-order valence-electron chi connectivity index (χ4n) is 1.65. The summed E-state index contributed by atoms with van der Waals surface area (Å²) >= 11 is 3.46. The van der Waals surface area contributed by atoms with Crippen LogP contribution in [-0.4, -0.2) is 41.6 Å². The molecule has 2 nitrogen and oxygen atoms in total. The minimum absolute atomic E-state index is 0.378. The Balaban J connectivity index is 2.47. The Morgan fingerprint density at radius 2 is 2.25 bits per heavy atom. The van der Waals surface area contributed by atoms with Gasteiger partial charge in [0.25, 0.3) is 0 Å². The molecular formula is C9H18BrNO. The lowest BCUT2D eigenvalue weighted by atomic mass is 10.1. The summed E-state index contributed by atoms with van der Waals surface area (Å²) in [7, 11) is 0. The van der Waals surface area contributed by atoms with Crippen LogP contribution in [0.3, 0.4) is 0 Å². The molecule has 12 heavy (non-hydrogen) atoms. The van der Waals surface area contributed by atoms with Crippen LogP contribution < -0.4 is 0 Å². The van der Waals surface area contributed by atoms with Gasteiger partial charge in [0.05, 0.1) is 12.7 Å². The highest BCUT2D eigenvalue weighted by Crippen LogP contribution is 2.15. The number of alkyl halides is 1. The summed E-state index contributed by atoms with van der Waals surface area (Å²) in [5, 5.41) is 0.947. The fraction of sp³-hybridized carbons (Fsp3) is 1.00. The predicted molar refractivity (Wildman–Crippen MR) is 54.8 cm³/mol. The zero-order valence-electron chi connectivity index (χ0n) is 8.09. The van der Waals surface area contributed by atoms with Gasteiger partial charge >= 0.3 is 0 Å².